The third-order valence-corrected chi connectivity index (χ3v) is 2.53. The van der Waals surface area contributed by atoms with Crippen LogP contribution in [0.15, 0.2) is 30.3 Å². The van der Waals surface area contributed by atoms with Crippen LogP contribution in [0.4, 0.5) is 5.69 Å². The Kier molecular flexibility index (Phi) is 6.39. The van der Waals surface area contributed by atoms with Crippen molar-refractivity contribution in [1.82, 2.24) is 5.32 Å². The first-order chi connectivity index (χ1) is 8.61. The molecule has 0 saturated heterocycles. The van der Waals surface area contributed by atoms with Gasteiger partial charge in [0.1, 0.15) is 0 Å². The largest absolute Gasteiger partial charge is 0.383 e. The van der Waals surface area contributed by atoms with Gasteiger partial charge in [0.15, 0.2) is 0 Å². The van der Waals surface area contributed by atoms with Crippen molar-refractivity contribution in [2.75, 3.05) is 19.0 Å². The summed E-state index contributed by atoms with van der Waals surface area (Å²) in [6, 6.07) is 9.85. The van der Waals surface area contributed by atoms with Crippen molar-refractivity contribution in [3.8, 4) is 0 Å². The third kappa shape index (κ3) is 5.80. The van der Waals surface area contributed by atoms with Gasteiger partial charge in [0.05, 0.1) is 6.61 Å². The SMILES string of the molecule is COCC(C)NC(C)CC(=O)Nc1ccccc1. The highest BCUT2D eigenvalue weighted by atomic mass is 16.5. The van der Waals surface area contributed by atoms with E-state index in [0.717, 1.165) is 5.69 Å². The lowest BCUT2D eigenvalue weighted by Gasteiger charge is -2.19. The number of rotatable bonds is 7. The smallest absolute Gasteiger partial charge is 0.225 e. The van der Waals surface area contributed by atoms with Crippen molar-refractivity contribution in [1.29, 1.82) is 0 Å². The fourth-order valence-corrected chi connectivity index (χ4v) is 1.85. The molecule has 2 atom stereocenters. The van der Waals surface area contributed by atoms with Gasteiger partial charge >= 0.3 is 0 Å². The number of methoxy groups -OCH3 is 1. The second-order valence-corrected chi connectivity index (χ2v) is 4.54. The number of para-hydroxylation sites is 1. The van der Waals surface area contributed by atoms with Gasteiger partial charge in [0.2, 0.25) is 5.91 Å². The van der Waals surface area contributed by atoms with Gasteiger partial charge < -0.3 is 15.4 Å². The molecule has 0 fully saturated rings. The molecule has 0 bridgehead atoms. The molecule has 1 rings (SSSR count). The lowest BCUT2D eigenvalue weighted by Crippen LogP contribution is -2.39. The summed E-state index contributed by atoms with van der Waals surface area (Å²) in [5.74, 6) is 0.0193. The minimum absolute atomic E-state index is 0.0193. The molecule has 4 nitrogen and oxygen atoms in total. The van der Waals surface area contributed by atoms with Crippen LogP contribution in [0, 0.1) is 0 Å². The molecule has 1 aromatic carbocycles. The van der Waals surface area contributed by atoms with Gasteiger partial charge in [0, 0.05) is 31.3 Å². The van der Waals surface area contributed by atoms with Crippen LogP contribution >= 0.6 is 0 Å². The van der Waals surface area contributed by atoms with Gasteiger partial charge in [-0.05, 0) is 26.0 Å². The zero-order valence-corrected chi connectivity index (χ0v) is 11.3. The van der Waals surface area contributed by atoms with E-state index in [0.29, 0.717) is 13.0 Å². The molecule has 0 radical (unpaired) electrons. The molecule has 18 heavy (non-hydrogen) atoms. The number of hydrogen-bond donors (Lipinski definition) is 2. The van der Waals surface area contributed by atoms with Gasteiger partial charge in [-0.3, -0.25) is 4.79 Å². The van der Waals surface area contributed by atoms with Crippen molar-refractivity contribution in [2.45, 2.75) is 32.4 Å². The molecule has 2 N–H and O–H groups in total. The molecular formula is C14H22N2O2. The zero-order valence-electron chi connectivity index (χ0n) is 11.3. The Bertz CT molecular complexity index is 354. The highest BCUT2D eigenvalue weighted by Gasteiger charge is 2.11. The van der Waals surface area contributed by atoms with Crippen LogP contribution < -0.4 is 10.6 Å². The van der Waals surface area contributed by atoms with Crippen LogP contribution in [0.5, 0.6) is 0 Å². The van der Waals surface area contributed by atoms with Crippen molar-refractivity contribution < 1.29 is 9.53 Å². The lowest BCUT2D eigenvalue weighted by molar-refractivity contribution is -0.116. The number of carbonyl (C=O) groups is 1. The summed E-state index contributed by atoms with van der Waals surface area (Å²) in [6.45, 7) is 4.68. The topological polar surface area (TPSA) is 50.4 Å². The second-order valence-electron chi connectivity index (χ2n) is 4.54. The van der Waals surface area contributed by atoms with E-state index in [-0.39, 0.29) is 18.0 Å². The molecule has 1 amide bonds. The maximum atomic E-state index is 11.8. The predicted molar refractivity (Wildman–Crippen MR) is 73.6 cm³/mol. The molecule has 1 aromatic rings. The van der Waals surface area contributed by atoms with Crippen molar-refractivity contribution in [2.24, 2.45) is 0 Å². The molecule has 2 unspecified atom stereocenters. The van der Waals surface area contributed by atoms with E-state index in [2.05, 4.69) is 10.6 Å². The Morgan fingerprint density at radius 3 is 2.50 bits per heavy atom. The quantitative estimate of drug-likeness (QED) is 0.778. The van der Waals surface area contributed by atoms with Gasteiger partial charge in [-0.15, -0.1) is 0 Å². The molecule has 0 spiro atoms. The Morgan fingerprint density at radius 2 is 1.89 bits per heavy atom. The summed E-state index contributed by atoms with van der Waals surface area (Å²) in [5, 5.41) is 6.18. The van der Waals surface area contributed by atoms with Crippen LogP contribution in [0.1, 0.15) is 20.3 Å². The third-order valence-electron chi connectivity index (χ3n) is 2.53. The van der Waals surface area contributed by atoms with Gasteiger partial charge in [0.25, 0.3) is 0 Å². The monoisotopic (exact) mass is 250 g/mol. The van der Waals surface area contributed by atoms with Crippen LogP contribution in [0.2, 0.25) is 0 Å². The summed E-state index contributed by atoms with van der Waals surface area (Å²) < 4.78 is 5.04. The maximum Gasteiger partial charge on any atom is 0.225 e. The van der Waals surface area contributed by atoms with E-state index in [9.17, 15) is 4.79 Å². The molecule has 0 aliphatic carbocycles. The molecule has 0 aliphatic heterocycles. The molecule has 0 aromatic heterocycles. The number of nitrogens with one attached hydrogen (secondary N) is 2. The number of carbonyl (C=O) groups excluding carboxylic acids is 1. The summed E-state index contributed by atoms with van der Waals surface area (Å²) in [4.78, 5) is 11.8. The highest BCUT2D eigenvalue weighted by Crippen LogP contribution is 2.06. The van der Waals surface area contributed by atoms with E-state index in [1.165, 1.54) is 0 Å². The zero-order chi connectivity index (χ0) is 13.4. The Labute approximate surface area is 109 Å². The van der Waals surface area contributed by atoms with Crippen molar-refractivity contribution in [3.63, 3.8) is 0 Å². The summed E-state index contributed by atoms with van der Waals surface area (Å²) >= 11 is 0. The van der Waals surface area contributed by atoms with Gasteiger partial charge in [-0.1, -0.05) is 18.2 Å². The number of ether oxygens (including phenoxy) is 1. The molecule has 4 heteroatoms. The van der Waals surface area contributed by atoms with E-state index in [4.69, 9.17) is 4.74 Å². The number of hydrogen-bond acceptors (Lipinski definition) is 3. The Hall–Kier alpha value is -1.39. The molecule has 0 heterocycles. The standard InChI is InChI=1S/C14H22N2O2/c1-11(15-12(2)10-18-3)9-14(17)16-13-7-5-4-6-8-13/h4-8,11-12,15H,9-10H2,1-3H3,(H,16,17). The molecular weight excluding hydrogens is 228 g/mol. The van der Waals surface area contributed by atoms with Crippen LogP contribution in [-0.2, 0) is 9.53 Å². The summed E-state index contributed by atoms with van der Waals surface area (Å²) in [7, 11) is 1.67. The molecule has 0 saturated carbocycles. The Morgan fingerprint density at radius 1 is 1.22 bits per heavy atom. The minimum atomic E-state index is 0.0193. The average Bonchev–Trinajstić information content (AvgIpc) is 2.29. The summed E-state index contributed by atoms with van der Waals surface area (Å²) in [5.41, 5.74) is 0.833. The summed E-state index contributed by atoms with van der Waals surface area (Å²) in [6.07, 6.45) is 0.447. The number of amides is 1. The fourth-order valence-electron chi connectivity index (χ4n) is 1.85. The van der Waals surface area contributed by atoms with Crippen LogP contribution in [0.3, 0.4) is 0 Å². The number of benzene rings is 1. The normalized spacial score (nSPS) is 13.9. The molecule has 0 aliphatic rings. The van der Waals surface area contributed by atoms with Crippen molar-refractivity contribution in [3.05, 3.63) is 30.3 Å². The van der Waals surface area contributed by atoms with E-state index in [1.54, 1.807) is 7.11 Å². The highest BCUT2D eigenvalue weighted by molar-refractivity contribution is 5.90. The van der Waals surface area contributed by atoms with E-state index < -0.39 is 0 Å². The van der Waals surface area contributed by atoms with Gasteiger partial charge in [-0.2, -0.15) is 0 Å². The predicted octanol–water partition coefficient (Wildman–Crippen LogP) is 2.03. The van der Waals surface area contributed by atoms with E-state index >= 15 is 0 Å². The van der Waals surface area contributed by atoms with Crippen LogP contribution in [-0.4, -0.2) is 31.7 Å². The fraction of sp³-hybridized carbons (Fsp3) is 0.500. The minimum Gasteiger partial charge on any atom is -0.383 e. The lowest BCUT2D eigenvalue weighted by atomic mass is 10.2. The van der Waals surface area contributed by atoms with Crippen molar-refractivity contribution >= 4 is 11.6 Å². The Balaban J connectivity index is 2.31. The first kappa shape index (κ1) is 14.7. The first-order valence-corrected chi connectivity index (χ1v) is 6.21. The number of anilines is 1. The van der Waals surface area contributed by atoms with Gasteiger partial charge in [-0.25, -0.2) is 0 Å². The molecule has 100 valence electrons. The maximum absolute atomic E-state index is 11.8. The first-order valence-electron chi connectivity index (χ1n) is 6.21. The second kappa shape index (κ2) is 7.84. The van der Waals surface area contributed by atoms with Crippen LogP contribution in [0.25, 0.3) is 0 Å². The van der Waals surface area contributed by atoms with E-state index in [1.807, 2.05) is 44.2 Å². The average molecular weight is 250 g/mol.